The number of carbonyl (C=O) groups is 2. The number of nitrogens with one attached hydrogen (secondary N) is 1. The fourth-order valence-electron chi connectivity index (χ4n) is 3.59. The third kappa shape index (κ3) is 7.39. The van der Waals surface area contributed by atoms with Crippen LogP contribution in [0.5, 0.6) is 0 Å². The Hall–Kier alpha value is -2.82. The molecule has 1 amide bonds. The number of methoxy groups -OCH3 is 1. The van der Waals surface area contributed by atoms with Crippen LogP contribution in [-0.2, 0) is 14.3 Å². The Morgan fingerprint density at radius 2 is 1.95 bits per heavy atom. The fraction of sp³-hybridized carbons (Fsp3) is 0.296. The van der Waals surface area contributed by atoms with Crippen molar-refractivity contribution in [3.05, 3.63) is 73.8 Å². The average Bonchev–Trinajstić information content (AvgIpc) is 3.34. The maximum atomic E-state index is 15.5. The maximum absolute atomic E-state index is 15.5. The lowest BCUT2D eigenvalue weighted by molar-refractivity contribution is -0.132. The second-order valence-corrected chi connectivity index (χ2v) is 9.98. The number of anilines is 1. The first-order valence-electron chi connectivity index (χ1n) is 11.7. The molecule has 2 aromatic carbocycles. The zero-order valence-corrected chi connectivity index (χ0v) is 23.3. The molecule has 11 heteroatoms. The highest BCUT2D eigenvalue weighted by atomic mass is 35.5. The molecular weight excluding hydrogens is 554 g/mol. The standard InChI is InChI=1S/C27H27Cl2FN2O5S/c1-4-9-37-10-8-23(36-3)18-7-5-6-17(24(18)30)22-14-38-27(31-22)32-25(33)16-12-20(28)19(21(29)13-16)11-15(2)26(34)35/h5-7,11-14,23H,4,8-10H2,1-3H3,(H,34,35)(H,31,32,33). The number of halogens is 3. The Balaban J connectivity index is 1.78. The van der Waals surface area contributed by atoms with Crippen molar-refractivity contribution in [3.63, 3.8) is 0 Å². The minimum atomic E-state index is -1.11. The van der Waals surface area contributed by atoms with Crippen molar-refractivity contribution in [3.8, 4) is 11.3 Å². The van der Waals surface area contributed by atoms with Gasteiger partial charge in [-0.2, -0.15) is 0 Å². The summed E-state index contributed by atoms with van der Waals surface area (Å²) in [4.78, 5) is 28.3. The van der Waals surface area contributed by atoms with Crippen LogP contribution >= 0.6 is 34.5 Å². The lowest BCUT2D eigenvalue weighted by atomic mass is 10.0. The highest BCUT2D eigenvalue weighted by molar-refractivity contribution is 7.14. The van der Waals surface area contributed by atoms with Crippen LogP contribution in [0.4, 0.5) is 9.52 Å². The molecule has 0 radical (unpaired) electrons. The van der Waals surface area contributed by atoms with Crippen LogP contribution in [0.15, 0.2) is 41.3 Å². The highest BCUT2D eigenvalue weighted by Gasteiger charge is 2.20. The monoisotopic (exact) mass is 580 g/mol. The Bertz CT molecular complexity index is 1320. The van der Waals surface area contributed by atoms with E-state index >= 15 is 4.39 Å². The zero-order valence-electron chi connectivity index (χ0n) is 21.0. The van der Waals surface area contributed by atoms with Crippen LogP contribution in [0, 0.1) is 5.82 Å². The maximum Gasteiger partial charge on any atom is 0.331 e. The lowest BCUT2D eigenvalue weighted by Crippen LogP contribution is -2.12. The second kappa shape index (κ2) is 13.8. The number of ether oxygens (including phenoxy) is 2. The van der Waals surface area contributed by atoms with Gasteiger partial charge in [0.15, 0.2) is 5.13 Å². The number of thiazole rings is 1. The Morgan fingerprint density at radius 1 is 1.24 bits per heavy atom. The minimum absolute atomic E-state index is 0.0410. The Labute approximate surface area is 234 Å². The summed E-state index contributed by atoms with van der Waals surface area (Å²) in [6, 6.07) is 7.79. The van der Waals surface area contributed by atoms with E-state index in [1.165, 1.54) is 32.2 Å². The molecule has 0 aliphatic heterocycles. The minimum Gasteiger partial charge on any atom is -0.478 e. The predicted octanol–water partition coefficient (Wildman–Crippen LogP) is 7.50. The second-order valence-electron chi connectivity index (χ2n) is 8.31. The molecule has 38 heavy (non-hydrogen) atoms. The van der Waals surface area contributed by atoms with Gasteiger partial charge in [-0.1, -0.05) is 42.3 Å². The Kier molecular flexibility index (Phi) is 10.8. The number of carbonyl (C=O) groups excluding carboxylic acids is 1. The topological polar surface area (TPSA) is 97.8 Å². The number of hydrogen-bond acceptors (Lipinski definition) is 6. The van der Waals surface area contributed by atoms with Gasteiger partial charge < -0.3 is 14.6 Å². The van der Waals surface area contributed by atoms with Crippen molar-refractivity contribution in [2.24, 2.45) is 0 Å². The van der Waals surface area contributed by atoms with Crippen molar-refractivity contribution >= 4 is 57.6 Å². The van der Waals surface area contributed by atoms with E-state index in [2.05, 4.69) is 10.3 Å². The quantitative estimate of drug-likeness (QED) is 0.170. The summed E-state index contributed by atoms with van der Waals surface area (Å²) in [6.45, 7) is 4.51. The lowest BCUT2D eigenvalue weighted by Gasteiger charge is -2.17. The van der Waals surface area contributed by atoms with E-state index in [1.807, 2.05) is 6.92 Å². The summed E-state index contributed by atoms with van der Waals surface area (Å²) < 4.78 is 26.5. The molecular formula is C27H27Cl2FN2O5S. The first-order chi connectivity index (χ1) is 18.2. The molecule has 0 spiro atoms. The molecule has 1 unspecified atom stereocenters. The van der Waals surface area contributed by atoms with E-state index in [9.17, 15) is 9.59 Å². The van der Waals surface area contributed by atoms with Gasteiger partial charge in [-0.3, -0.25) is 10.1 Å². The van der Waals surface area contributed by atoms with Crippen LogP contribution in [0.1, 0.15) is 54.3 Å². The number of benzene rings is 2. The van der Waals surface area contributed by atoms with Crippen molar-refractivity contribution < 1.29 is 28.6 Å². The molecule has 3 rings (SSSR count). The molecule has 1 atom stereocenters. The van der Waals surface area contributed by atoms with Crippen LogP contribution in [0.3, 0.4) is 0 Å². The van der Waals surface area contributed by atoms with E-state index in [0.717, 1.165) is 17.8 Å². The van der Waals surface area contributed by atoms with Crippen LogP contribution in [0.25, 0.3) is 17.3 Å². The van der Waals surface area contributed by atoms with E-state index in [4.69, 9.17) is 37.8 Å². The largest absolute Gasteiger partial charge is 0.478 e. The SMILES string of the molecule is CCCOCCC(OC)c1cccc(-c2csc(NC(=O)c3cc(Cl)c(C=C(C)C(=O)O)c(Cl)c3)n2)c1F. The van der Waals surface area contributed by atoms with Crippen molar-refractivity contribution in [2.45, 2.75) is 32.8 Å². The summed E-state index contributed by atoms with van der Waals surface area (Å²) in [7, 11) is 1.53. The molecule has 0 saturated carbocycles. The first kappa shape index (κ1) is 29.7. The molecule has 0 bridgehead atoms. The zero-order chi connectivity index (χ0) is 27.8. The van der Waals surface area contributed by atoms with Gasteiger partial charge in [0.2, 0.25) is 0 Å². The molecule has 0 fully saturated rings. The van der Waals surface area contributed by atoms with Gasteiger partial charge in [-0.25, -0.2) is 14.2 Å². The first-order valence-corrected chi connectivity index (χ1v) is 13.4. The average molecular weight is 581 g/mol. The van der Waals surface area contributed by atoms with E-state index in [0.29, 0.717) is 36.5 Å². The van der Waals surface area contributed by atoms with Gasteiger partial charge in [0.1, 0.15) is 5.82 Å². The number of carboxylic acid groups (broad SMARTS) is 1. The van der Waals surface area contributed by atoms with Gasteiger partial charge in [0, 0.05) is 60.0 Å². The molecule has 1 aromatic heterocycles. The molecule has 1 heterocycles. The molecule has 7 nitrogen and oxygen atoms in total. The van der Waals surface area contributed by atoms with Gasteiger partial charge in [-0.05, 0) is 37.6 Å². The van der Waals surface area contributed by atoms with Gasteiger partial charge in [-0.15, -0.1) is 11.3 Å². The number of amides is 1. The highest BCUT2D eigenvalue weighted by Crippen LogP contribution is 2.33. The number of rotatable bonds is 12. The molecule has 0 aliphatic rings. The van der Waals surface area contributed by atoms with E-state index < -0.39 is 23.8 Å². The van der Waals surface area contributed by atoms with Crippen LogP contribution < -0.4 is 5.32 Å². The number of nitrogens with zero attached hydrogens (tertiary/aromatic N) is 1. The van der Waals surface area contributed by atoms with E-state index in [1.54, 1.807) is 23.6 Å². The van der Waals surface area contributed by atoms with Gasteiger partial charge >= 0.3 is 5.97 Å². The summed E-state index contributed by atoms with van der Waals surface area (Å²) in [6.07, 6.45) is 2.26. The summed E-state index contributed by atoms with van der Waals surface area (Å²) in [5.74, 6) is -2.09. The van der Waals surface area contributed by atoms with Crippen LogP contribution in [0.2, 0.25) is 10.0 Å². The molecule has 2 N–H and O–H groups in total. The Morgan fingerprint density at radius 3 is 2.58 bits per heavy atom. The van der Waals surface area contributed by atoms with Crippen LogP contribution in [-0.4, -0.2) is 42.3 Å². The molecule has 0 aliphatic carbocycles. The third-order valence-electron chi connectivity index (χ3n) is 5.57. The number of carboxylic acids is 1. The predicted molar refractivity (Wildman–Crippen MR) is 149 cm³/mol. The number of aromatic nitrogens is 1. The van der Waals surface area contributed by atoms with Gasteiger partial charge in [0.25, 0.3) is 5.91 Å². The van der Waals surface area contributed by atoms with Gasteiger partial charge in [0.05, 0.1) is 21.8 Å². The molecule has 3 aromatic rings. The smallest absolute Gasteiger partial charge is 0.331 e. The van der Waals surface area contributed by atoms with Crippen molar-refractivity contribution in [1.82, 2.24) is 4.98 Å². The molecule has 0 saturated heterocycles. The van der Waals surface area contributed by atoms with Crippen molar-refractivity contribution in [2.75, 3.05) is 25.6 Å². The molecule has 202 valence electrons. The fourth-order valence-corrected chi connectivity index (χ4v) is 4.89. The van der Waals surface area contributed by atoms with E-state index in [-0.39, 0.29) is 31.9 Å². The normalized spacial score (nSPS) is 12.4. The third-order valence-corrected chi connectivity index (χ3v) is 6.96. The summed E-state index contributed by atoms with van der Waals surface area (Å²) in [5.41, 5.74) is 1.54. The number of aliphatic carboxylic acids is 1. The van der Waals surface area contributed by atoms with Crippen molar-refractivity contribution in [1.29, 1.82) is 0 Å². The number of hydrogen-bond donors (Lipinski definition) is 2. The summed E-state index contributed by atoms with van der Waals surface area (Å²) in [5, 5.41) is 13.9. The summed E-state index contributed by atoms with van der Waals surface area (Å²) >= 11 is 13.7.